The second kappa shape index (κ2) is 8.15. The Kier molecular flexibility index (Phi) is 11.3. The van der Waals surface area contributed by atoms with Crippen molar-refractivity contribution in [2.75, 3.05) is 25.7 Å². The molecule has 0 unspecified atom stereocenters. The maximum Gasteiger partial charge on any atom is 0.0814 e. The van der Waals surface area contributed by atoms with Crippen molar-refractivity contribution in [2.45, 2.75) is 51.9 Å². The maximum atomic E-state index is 2.46. The van der Waals surface area contributed by atoms with E-state index in [0.29, 0.717) is 10.3 Å². The highest BCUT2D eigenvalue weighted by molar-refractivity contribution is 7.62. The van der Waals surface area contributed by atoms with Gasteiger partial charge in [0.2, 0.25) is 0 Å². The normalized spacial score (nSPS) is 15.8. The molecule has 16 heavy (non-hydrogen) atoms. The third-order valence-corrected chi connectivity index (χ3v) is 9.78. The van der Waals surface area contributed by atoms with E-state index in [1.807, 2.05) is 0 Å². The van der Waals surface area contributed by atoms with E-state index in [4.69, 9.17) is 0 Å². The molecular weight excluding hydrogens is 228 g/mol. The van der Waals surface area contributed by atoms with E-state index in [1.165, 1.54) is 12.3 Å². The van der Waals surface area contributed by atoms with Gasteiger partial charge in [-0.15, -0.1) is 15.8 Å². The predicted molar refractivity (Wildman–Crippen MR) is 94.8 cm³/mol. The van der Waals surface area contributed by atoms with Gasteiger partial charge in [-0.1, -0.05) is 41.5 Å². The van der Waals surface area contributed by atoms with E-state index in [-0.39, 0.29) is 32.7 Å². The second-order valence-electron chi connectivity index (χ2n) is 6.18. The van der Waals surface area contributed by atoms with E-state index in [2.05, 4.69) is 54.9 Å². The van der Waals surface area contributed by atoms with Crippen molar-refractivity contribution in [3.8, 4) is 0 Å². The van der Waals surface area contributed by atoms with Crippen LogP contribution in [0.25, 0.3) is 0 Å². The summed E-state index contributed by atoms with van der Waals surface area (Å²) < 4.78 is 0. The smallest absolute Gasteiger partial charge is 0.0814 e. The third-order valence-electron chi connectivity index (χ3n) is 3.06. The van der Waals surface area contributed by atoms with Gasteiger partial charge in [0.1, 0.15) is 0 Å². The van der Waals surface area contributed by atoms with Crippen molar-refractivity contribution in [1.82, 2.24) is 0 Å². The number of hydrogen-bond acceptors (Lipinski definition) is 0. The molecule has 0 saturated heterocycles. The van der Waals surface area contributed by atoms with Crippen molar-refractivity contribution in [3.63, 3.8) is 0 Å². The van der Waals surface area contributed by atoms with Crippen LogP contribution in [-0.4, -0.2) is 52.8 Å². The highest BCUT2D eigenvalue weighted by atomic mass is 31.1. The Morgan fingerprint density at radius 1 is 0.625 bits per heavy atom. The maximum absolute atomic E-state index is 2.46. The Morgan fingerprint density at radius 2 is 0.812 bits per heavy atom. The molecule has 0 amide bonds. The standard InChI is InChI=1S/C12H28P2.2BH3/c1-11(2,3)13(7)9-10-14(8)12(4,5)6;;/h9-10H2,1-8H3;2*1H3/t13-,14-;;/m0../s1. The molecule has 0 N–H and O–H groups in total. The quantitative estimate of drug-likeness (QED) is 0.541. The van der Waals surface area contributed by atoms with E-state index < -0.39 is 0 Å². The van der Waals surface area contributed by atoms with Gasteiger partial charge in [0.05, 0.1) is 16.8 Å². The Balaban J connectivity index is -0.000000845. The lowest BCUT2D eigenvalue weighted by atomic mass is 10.3. The van der Waals surface area contributed by atoms with E-state index in [0.717, 1.165) is 0 Å². The van der Waals surface area contributed by atoms with Gasteiger partial charge in [-0.3, -0.25) is 0 Å². The minimum Gasteiger partial charge on any atom is -0.104 e. The molecule has 0 aliphatic rings. The first-order valence-corrected chi connectivity index (χ1v) is 9.42. The molecule has 0 fully saturated rings. The van der Waals surface area contributed by atoms with Gasteiger partial charge >= 0.3 is 0 Å². The molecule has 0 aliphatic heterocycles. The van der Waals surface area contributed by atoms with Crippen LogP contribution in [0.2, 0.25) is 0 Å². The first-order valence-electron chi connectivity index (χ1n) is 5.47. The molecule has 0 bridgehead atoms. The lowest BCUT2D eigenvalue weighted by Crippen LogP contribution is -2.17. The van der Waals surface area contributed by atoms with E-state index >= 15 is 0 Å². The molecule has 0 nitrogen and oxygen atoms in total. The van der Waals surface area contributed by atoms with Gasteiger partial charge in [-0.25, -0.2) is 0 Å². The summed E-state index contributed by atoms with van der Waals surface area (Å²) in [7, 11) is 0.430. The van der Waals surface area contributed by atoms with Crippen molar-refractivity contribution in [3.05, 3.63) is 0 Å². The fraction of sp³-hybridized carbons (Fsp3) is 1.00. The van der Waals surface area contributed by atoms with Crippen LogP contribution in [0.3, 0.4) is 0 Å². The van der Waals surface area contributed by atoms with Crippen LogP contribution in [0, 0.1) is 0 Å². The Hall–Kier alpha value is 0.990. The van der Waals surface area contributed by atoms with Gasteiger partial charge in [-0.05, 0) is 36.0 Å². The molecule has 0 aliphatic carbocycles. The molecule has 0 aromatic carbocycles. The van der Waals surface area contributed by atoms with Crippen molar-refractivity contribution in [1.29, 1.82) is 0 Å². The van der Waals surface area contributed by atoms with Gasteiger partial charge in [-0.2, -0.15) is 0 Å². The Bertz CT molecular complexity index is 151. The molecule has 0 saturated carbocycles. The summed E-state index contributed by atoms with van der Waals surface area (Å²) in [6, 6.07) is 0. The highest BCUT2D eigenvalue weighted by Crippen LogP contribution is 2.52. The average Bonchev–Trinajstić information content (AvgIpc) is 1.95. The summed E-state index contributed by atoms with van der Waals surface area (Å²) in [4.78, 5) is 0. The molecule has 0 aromatic heterocycles. The highest BCUT2D eigenvalue weighted by Gasteiger charge is 2.23. The molecular formula is C12H34B2P2. The molecule has 2 atom stereocenters. The SMILES string of the molecule is B.B.C[P@@](CC[P@](C)C(C)(C)C)C(C)(C)C. The van der Waals surface area contributed by atoms with Gasteiger partial charge in [0, 0.05) is 0 Å². The average molecular weight is 262 g/mol. The molecule has 98 valence electrons. The zero-order valence-electron chi connectivity index (χ0n) is 11.3. The first-order chi connectivity index (χ1) is 6.05. The Labute approximate surface area is 110 Å². The summed E-state index contributed by atoms with van der Waals surface area (Å²) in [6.07, 6.45) is 2.91. The second-order valence-corrected chi connectivity index (χ2v) is 12.6. The minimum atomic E-state index is 0. The van der Waals surface area contributed by atoms with Crippen LogP contribution in [0.15, 0.2) is 0 Å². The Morgan fingerprint density at radius 3 is 0.938 bits per heavy atom. The van der Waals surface area contributed by atoms with Gasteiger partial charge in [0.25, 0.3) is 0 Å². The fourth-order valence-corrected chi connectivity index (χ4v) is 4.71. The van der Waals surface area contributed by atoms with Crippen LogP contribution < -0.4 is 0 Å². The van der Waals surface area contributed by atoms with E-state index in [1.54, 1.807) is 0 Å². The van der Waals surface area contributed by atoms with Crippen LogP contribution >= 0.6 is 15.8 Å². The lowest BCUT2D eigenvalue weighted by molar-refractivity contribution is 0.777. The monoisotopic (exact) mass is 262 g/mol. The van der Waals surface area contributed by atoms with Crippen molar-refractivity contribution in [2.24, 2.45) is 0 Å². The fourth-order valence-electron chi connectivity index (χ4n) is 0.971. The summed E-state index contributed by atoms with van der Waals surface area (Å²) in [6.45, 7) is 19.2. The van der Waals surface area contributed by atoms with Crippen LogP contribution in [0.5, 0.6) is 0 Å². The summed E-state index contributed by atoms with van der Waals surface area (Å²) >= 11 is 0. The van der Waals surface area contributed by atoms with E-state index in [9.17, 15) is 0 Å². The summed E-state index contributed by atoms with van der Waals surface area (Å²) in [5.41, 5.74) is 0. The van der Waals surface area contributed by atoms with Crippen LogP contribution in [0.4, 0.5) is 0 Å². The summed E-state index contributed by atoms with van der Waals surface area (Å²) in [5, 5.41) is 1.09. The molecule has 0 radical (unpaired) electrons. The molecule has 0 rings (SSSR count). The van der Waals surface area contributed by atoms with Gasteiger partial charge in [0.15, 0.2) is 0 Å². The third kappa shape index (κ3) is 9.07. The molecule has 4 heteroatoms. The minimum absolute atomic E-state index is 0. The topological polar surface area (TPSA) is 0 Å². The van der Waals surface area contributed by atoms with Gasteiger partial charge < -0.3 is 0 Å². The largest absolute Gasteiger partial charge is 0.104 e. The zero-order valence-corrected chi connectivity index (χ0v) is 13.1. The van der Waals surface area contributed by atoms with Crippen molar-refractivity contribution >= 4 is 32.7 Å². The number of rotatable bonds is 3. The first kappa shape index (κ1) is 22.2. The predicted octanol–water partition coefficient (Wildman–Crippen LogP) is 2.44. The number of hydrogen-bond donors (Lipinski definition) is 0. The zero-order chi connectivity index (χ0) is 11.6. The summed E-state index contributed by atoms with van der Waals surface area (Å²) in [5.74, 6) is 0. The van der Waals surface area contributed by atoms with Crippen molar-refractivity contribution < 1.29 is 0 Å². The molecule has 0 spiro atoms. The molecule has 0 aromatic rings. The van der Waals surface area contributed by atoms with Crippen LogP contribution in [-0.2, 0) is 0 Å². The lowest BCUT2D eigenvalue weighted by Gasteiger charge is -2.33. The molecule has 0 heterocycles. The van der Waals surface area contributed by atoms with Crippen LogP contribution in [0.1, 0.15) is 41.5 Å².